The number of nitrogens with two attached hydrogens (primary N) is 1. The predicted octanol–water partition coefficient (Wildman–Crippen LogP) is 2.56. The molecular formula is C19H12N2O5. The number of aryl methyl sites for hydroxylation is 1. The Kier molecular flexibility index (Phi) is 3.43. The van der Waals surface area contributed by atoms with E-state index in [-0.39, 0.29) is 39.7 Å². The van der Waals surface area contributed by atoms with Gasteiger partial charge in [-0.05, 0) is 31.2 Å². The van der Waals surface area contributed by atoms with Crippen LogP contribution < -0.4 is 10.5 Å². The number of carbonyl (C=O) groups excluding carboxylic acids is 3. The zero-order chi connectivity index (χ0) is 18.4. The summed E-state index contributed by atoms with van der Waals surface area (Å²) in [5.74, 6) is -1.68. The van der Waals surface area contributed by atoms with Crippen molar-refractivity contribution in [1.29, 1.82) is 0 Å². The minimum absolute atomic E-state index is 0.0104. The third-order valence-corrected chi connectivity index (χ3v) is 4.06. The van der Waals surface area contributed by atoms with Gasteiger partial charge in [0.25, 0.3) is 0 Å². The fraction of sp³-hybridized carbons (Fsp3) is 0.0526. The van der Waals surface area contributed by atoms with Crippen LogP contribution in [0.15, 0.2) is 47.0 Å². The molecule has 0 saturated carbocycles. The van der Waals surface area contributed by atoms with Crippen molar-refractivity contribution in [2.24, 2.45) is 0 Å². The second-order valence-electron chi connectivity index (χ2n) is 5.76. The van der Waals surface area contributed by atoms with E-state index < -0.39 is 17.5 Å². The van der Waals surface area contributed by atoms with Gasteiger partial charge >= 0.3 is 5.97 Å². The van der Waals surface area contributed by atoms with E-state index in [1.54, 1.807) is 24.3 Å². The molecule has 128 valence electrons. The largest absolute Gasteiger partial charge is 0.456 e. The summed E-state index contributed by atoms with van der Waals surface area (Å²) >= 11 is 0. The van der Waals surface area contributed by atoms with Crippen LogP contribution in [0.1, 0.15) is 48.3 Å². The molecule has 0 amide bonds. The first-order valence-corrected chi connectivity index (χ1v) is 7.73. The monoisotopic (exact) mass is 348 g/mol. The summed E-state index contributed by atoms with van der Waals surface area (Å²) in [5.41, 5.74) is 6.03. The molecule has 0 spiro atoms. The second-order valence-corrected chi connectivity index (χ2v) is 5.76. The minimum atomic E-state index is -0.807. The number of carbonyl (C=O) groups is 3. The molecule has 0 bridgehead atoms. The fourth-order valence-electron chi connectivity index (χ4n) is 2.91. The molecule has 0 atom stereocenters. The zero-order valence-corrected chi connectivity index (χ0v) is 13.6. The summed E-state index contributed by atoms with van der Waals surface area (Å²) in [5, 5.41) is 0. The number of hydrogen-bond acceptors (Lipinski definition) is 7. The van der Waals surface area contributed by atoms with Gasteiger partial charge in [0.2, 0.25) is 11.6 Å². The lowest BCUT2D eigenvalue weighted by Crippen LogP contribution is -2.23. The standard InChI is InChI=1S/C19H12N2O5/c1-9-13(19(24)26-11-5-2-4-10(20)8-11)14-17(23)15-12(6-3-7-21-15)16(22)18(14)25-9/h2-8H,20H2,1H3. The van der Waals surface area contributed by atoms with E-state index in [9.17, 15) is 14.4 Å². The molecular weight excluding hydrogens is 336 g/mol. The first-order valence-electron chi connectivity index (χ1n) is 7.73. The Morgan fingerprint density at radius 2 is 1.96 bits per heavy atom. The summed E-state index contributed by atoms with van der Waals surface area (Å²) in [4.78, 5) is 42.0. The van der Waals surface area contributed by atoms with Crippen LogP contribution in [-0.2, 0) is 0 Å². The molecule has 26 heavy (non-hydrogen) atoms. The first-order chi connectivity index (χ1) is 12.5. The Bertz CT molecular complexity index is 1100. The number of aromatic nitrogens is 1. The van der Waals surface area contributed by atoms with Crippen LogP contribution in [0.2, 0.25) is 0 Å². The molecule has 4 rings (SSSR count). The van der Waals surface area contributed by atoms with Gasteiger partial charge in [0.05, 0.1) is 11.1 Å². The Balaban J connectivity index is 1.80. The highest BCUT2D eigenvalue weighted by Crippen LogP contribution is 2.33. The van der Waals surface area contributed by atoms with Gasteiger partial charge in [-0.3, -0.25) is 14.6 Å². The molecule has 0 unspecified atom stereocenters. The Morgan fingerprint density at radius 1 is 1.15 bits per heavy atom. The predicted molar refractivity (Wildman–Crippen MR) is 90.4 cm³/mol. The lowest BCUT2D eigenvalue weighted by atomic mass is 9.90. The van der Waals surface area contributed by atoms with Gasteiger partial charge in [-0.25, -0.2) is 4.79 Å². The number of hydrogen-bond donors (Lipinski definition) is 1. The molecule has 2 heterocycles. The van der Waals surface area contributed by atoms with Gasteiger partial charge < -0.3 is 14.9 Å². The van der Waals surface area contributed by atoms with Crippen molar-refractivity contribution >= 4 is 23.2 Å². The number of benzene rings is 1. The average molecular weight is 348 g/mol. The Labute approximate surface area is 147 Å². The molecule has 0 aliphatic heterocycles. The normalized spacial score (nSPS) is 12.5. The van der Waals surface area contributed by atoms with Crippen LogP contribution in [0, 0.1) is 6.92 Å². The number of furan rings is 1. The van der Waals surface area contributed by atoms with E-state index in [0.717, 1.165) is 0 Å². The van der Waals surface area contributed by atoms with Crippen molar-refractivity contribution in [2.45, 2.75) is 6.92 Å². The van der Waals surface area contributed by atoms with Gasteiger partial charge in [0, 0.05) is 18.0 Å². The minimum Gasteiger partial charge on any atom is -0.456 e. The van der Waals surface area contributed by atoms with E-state index in [1.165, 1.54) is 25.3 Å². The number of rotatable bonds is 2. The number of nitrogens with zero attached hydrogens (tertiary/aromatic N) is 1. The smallest absolute Gasteiger partial charge is 0.347 e. The van der Waals surface area contributed by atoms with Crippen molar-refractivity contribution in [3.63, 3.8) is 0 Å². The van der Waals surface area contributed by atoms with Crippen LogP contribution >= 0.6 is 0 Å². The Morgan fingerprint density at radius 3 is 2.73 bits per heavy atom. The van der Waals surface area contributed by atoms with Crippen molar-refractivity contribution in [3.8, 4) is 5.75 Å². The summed E-state index contributed by atoms with van der Waals surface area (Å²) in [7, 11) is 0. The number of anilines is 1. The molecule has 7 nitrogen and oxygen atoms in total. The van der Waals surface area contributed by atoms with Gasteiger partial charge in [-0.15, -0.1) is 0 Å². The third kappa shape index (κ3) is 2.29. The van der Waals surface area contributed by atoms with Crippen LogP contribution in [-0.4, -0.2) is 22.5 Å². The van der Waals surface area contributed by atoms with Crippen LogP contribution in [0.3, 0.4) is 0 Å². The van der Waals surface area contributed by atoms with Gasteiger partial charge in [-0.1, -0.05) is 6.07 Å². The van der Waals surface area contributed by atoms with E-state index in [2.05, 4.69) is 4.98 Å². The van der Waals surface area contributed by atoms with Crippen LogP contribution in [0.25, 0.3) is 0 Å². The molecule has 0 radical (unpaired) electrons. The molecule has 1 aliphatic carbocycles. The van der Waals surface area contributed by atoms with E-state index in [1.807, 2.05) is 0 Å². The maximum absolute atomic E-state index is 12.8. The van der Waals surface area contributed by atoms with Crippen molar-refractivity contribution < 1.29 is 23.5 Å². The van der Waals surface area contributed by atoms with E-state index >= 15 is 0 Å². The number of fused-ring (bicyclic) bond motifs is 2. The molecule has 3 aromatic rings. The molecule has 2 aromatic heterocycles. The topological polar surface area (TPSA) is 112 Å². The number of nitrogen functional groups attached to an aromatic ring is 1. The van der Waals surface area contributed by atoms with Gasteiger partial charge in [-0.2, -0.15) is 0 Å². The molecule has 0 fully saturated rings. The third-order valence-electron chi connectivity index (χ3n) is 4.06. The highest BCUT2D eigenvalue weighted by atomic mass is 16.5. The lowest BCUT2D eigenvalue weighted by molar-refractivity contribution is 0.0729. The number of ether oxygens (including phenoxy) is 1. The maximum Gasteiger partial charge on any atom is 0.347 e. The zero-order valence-electron chi connectivity index (χ0n) is 13.6. The highest BCUT2D eigenvalue weighted by molar-refractivity contribution is 6.29. The molecule has 7 heteroatoms. The molecule has 1 aliphatic rings. The molecule has 2 N–H and O–H groups in total. The molecule has 1 aromatic carbocycles. The van der Waals surface area contributed by atoms with Crippen LogP contribution in [0.4, 0.5) is 5.69 Å². The maximum atomic E-state index is 12.8. The number of esters is 1. The average Bonchev–Trinajstić information content (AvgIpc) is 2.97. The highest BCUT2D eigenvalue weighted by Gasteiger charge is 2.39. The second kappa shape index (κ2) is 5.66. The number of pyridine rings is 1. The SMILES string of the molecule is Cc1oc2c(c1C(=O)Oc1cccc(N)c1)C(=O)c1ncccc1C2=O. The fourth-order valence-corrected chi connectivity index (χ4v) is 2.91. The van der Waals surface area contributed by atoms with Crippen molar-refractivity contribution in [1.82, 2.24) is 4.98 Å². The van der Waals surface area contributed by atoms with Crippen molar-refractivity contribution in [2.75, 3.05) is 5.73 Å². The quantitative estimate of drug-likeness (QED) is 0.336. The first kappa shape index (κ1) is 15.8. The summed E-state index contributed by atoms with van der Waals surface area (Å²) in [6.07, 6.45) is 1.41. The van der Waals surface area contributed by atoms with Crippen molar-refractivity contribution in [3.05, 3.63) is 76.5 Å². The molecule has 0 saturated heterocycles. The summed E-state index contributed by atoms with van der Waals surface area (Å²) in [6, 6.07) is 9.36. The summed E-state index contributed by atoms with van der Waals surface area (Å²) < 4.78 is 10.7. The van der Waals surface area contributed by atoms with E-state index in [4.69, 9.17) is 14.9 Å². The van der Waals surface area contributed by atoms with Gasteiger partial charge in [0.15, 0.2) is 5.76 Å². The summed E-state index contributed by atoms with van der Waals surface area (Å²) in [6.45, 7) is 1.49. The van der Waals surface area contributed by atoms with Crippen LogP contribution in [0.5, 0.6) is 5.75 Å². The Hall–Kier alpha value is -3.74. The number of ketones is 2. The van der Waals surface area contributed by atoms with Gasteiger partial charge in [0.1, 0.15) is 22.8 Å². The van der Waals surface area contributed by atoms with E-state index in [0.29, 0.717) is 5.69 Å². The lowest BCUT2D eigenvalue weighted by Gasteiger charge is -2.12.